The molecular weight excluding hydrogens is 435 g/mol. The van der Waals surface area contributed by atoms with Gasteiger partial charge in [0.15, 0.2) is 0 Å². The van der Waals surface area contributed by atoms with Crippen LogP contribution in [0.3, 0.4) is 0 Å². The largest absolute Gasteiger partial charge is 0.506 e. The topological polar surface area (TPSA) is 61.7 Å². The molecule has 0 atom stereocenters. The molecule has 2 N–H and O–H groups in total. The van der Waals surface area contributed by atoms with Gasteiger partial charge in [-0.25, -0.2) is 5.43 Å². The van der Waals surface area contributed by atoms with E-state index in [1.807, 2.05) is 24.3 Å². The number of carbonyl (C=O) groups is 1. The highest BCUT2D eigenvalue weighted by Gasteiger charge is 2.06. The first kappa shape index (κ1) is 17.0. The summed E-state index contributed by atoms with van der Waals surface area (Å²) in [7, 11) is 0. The van der Waals surface area contributed by atoms with E-state index in [0.29, 0.717) is 10.0 Å². The normalized spacial score (nSPS) is 10.9. The van der Waals surface area contributed by atoms with Crippen LogP contribution in [0, 0.1) is 0 Å². The van der Waals surface area contributed by atoms with E-state index < -0.39 is 0 Å². The molecule has 0 aliphatic carbocycles. The number of hydrogen-bond acceptors (Lipinski definition) is 3. The summed E-state index contributed by atoms with van der Waals surface area (Å²) >= 11 is 12.5. The molecule has 0 spiro atoms. The van der Waals surface area contributed by atoms with Crippen molar-refractivity contribution >= 4 is 55.6 Å². The van der Waals surface area contributed by atoms with Gasteiger partial charge in [-0.3, -0.25) is 4.79 Å². The molecule has 0 aromatic heterocycles. The Bertz CT molecular complexity index is 718. The van der Waals surface area contributed by atoms with Crippen molar-refractivity contribution in [2.24, 2.45) is 5.10 Å². The van der Waals surface area contributed by atoms with Crippen LogP contribution in [0.15, 0.2) is 50.4 Å². The molecule has 1 amide bonds. The number of hydrogen-bond donors (Lipinski definition) is 2. The highest BCUT2D eigenvalue weighted by atomic mass is 79.9. The van der Waals surface area contributed by atoms with Crippen molar-refractivity contribution in [3.8, 4) is 5.75 Å². The van der Waals surface area contributed by atoms with E-state index in [2.05, 4.69) is 42.4 Å². The Morgan fingerprint density at radius 1 is 1.23 bits per heavy atom. The van der Waals surface area contributed by atoms with Gasteiger partial charge in [0.1, 0.15) is 5.75 Å². The van der Waals surface area contributed by atoms with Crippen LogP contribution in [0.4, 0.5) is 0 Å². The van der Waals surface area contributed by atoms with Crippen LogP contribution in [0.1, 0.15) is 11.1 Å². The van der Waals surface area contributed by atoms with Crippen molar-refractivity contribution in [1.82, 2.24) is 5.43 Å². The van der Waals surface area contributed by atoms with E-state index in [4.69, 9.17) is 11.6 Å². The summed E-state index contributed by atoms with van der Waals surface area (Å²) in [4.78, 5) is 11.8. The smallest absolute Gasteiger partial charge is 0.244 e. The Morgan fingerprint density at radius 3 is 2.59 bits per heavy atom. The zero-order valence-corrected chi connectivity index (χ0v) is 15.1. The molecule has 0 fully saturated rings. The molecule has 22 heavy (non-hydrogen) atoms. The summed E-state index contributed by atoms with van der Waals surface area (Å²) in [6, 6.07) is 10.7. The van der Waals surface area contributed by atoms with Crippen LogP contribution in [0.5, 0.6) is 5.75 Å². The quantitative estimate of drug-likeness (QED) is 0.545. The van der Waals surface area contributed by atoms with Crippen LogP contribution in [-0.4, -0.2) is 17.2 Å². The van der Waals surface area contributed by atoms with Gasteiger partial charge in [-0.1, -0.05) is 55.6 Å². The molecule has 0 aliphatic rings. The number of rotatable bonds is 4. The molecule has 0 saturated heterocycles. The lowest BCUT2D eigenvalue weighted by Gasteiger charge is -2.03. The maximum atomic E-state index is 11.8. The zero-order valence-electron chi connectivity index (χ0n) is 11.2. The van der Waals surface area contributed by atoms with E-state index in [0.717, 1.165) is 10.0 Å². The molecule has 114 valence electrons. The third-order valence-electron chi connectivity index (χ3n) is 2.73. The lowest BCUT2D eigenvalue weighted by molar-refractivity contribution is -0.120. The van der Waals surface area contributed by atoms with E-state index >= 15 is 0 Å². The van der Waals surface area contributed by atoms with Gasteiger partial charge >= 0.3 is 0 Å². The Balaban J connectivity index is 1.97. The van der Waals surface area contributed by atoms with E-state index in [-0.39, 0.29) is 23.1 Å². The van der Waals surface area contributed by atoms with Crippen molar-refractivity contribution in [2.75, 3.05) is 0 Å². The standard InChI is InChI=1S/C15H11Br2ClN2O2/c16-11-3-1-9(2-4-11)5-14(21)20-19-8-10-6-12(17)7-13(18)15(10)22/h1-4,6-8,22H,5H2,(H,20,21)/b19-8-. The number of nitrogens with zero attached hydrogens (tertiary/aromatic N) is 1. The first-order valence-electron chi connectivity index (χ1n) is 6.20. The zero-order chi connectivity index (χ0) is 16.1. The Kier molecular flexibility index (Phi) is 5.99. The van der Waals surface area contributed by atoms with E-state index in [1.165, 1.54) is 6.21 Å². The number of hydrazone groups is 1. The molecule has 2 rings (SSSR count). The minimum Gasteiger partial charge on any atom is -0.506 e. The minimum atomic E-state index is -0.251. The fourth-order valence-corrected chi connectivity index (χ4v) is 2.78. The summed E-state index contributed by atoms with van der Waals surface area (Å²) in [6.07, 6.45) is 1.56. The summed E-state index contributed by atoms with van der Waals surface area (Å²) < 4.78 is 1.66. The molecule has 0 aliphatic heterocycles. The predicted molar refractivity (Wildman–Crippen MR) is 94.4 cm³/mol. The van der Waals surface area contributed by atoms with Crippen molar-refractivity contribution in [3.05, 3.63) is 61.5 Å². The highest BCUT2D eigenvalue weighted by Crippen LogP contribution is 2.30. The van der Waals surface area contributed by atoms with Crippen LogP contribution in [0.2, 0.25) is 5.02 Å². The van der Waals surface area contributed by atoms with Gasteiger partial charge in [0.2, 0.25) is 5.91 Å². The molecule has 0 saturated carbocycles. The lowest BCUT2D eigenvalue weighted by Crippen LogP contribution is -2.19. The SMILES string of the molecule is O=C(Cc1ccc(Br)cc1)N/N=C\c1cc(Br)cc(Cl)c1O. The Morgan fingerprint density at radius 2 is 1.91 bits per heavy atom. The second-order valence-corrected chi connectivity index (χ2v) is 6.66. The second-order valence-electron chi connectivity index (χ2n) is 4.42. The number of amides is 1. The monoisotopic (exact) mass is 444 g/mol. The molecule has 4 nitrogen and oxygen atoms in total. The van der Waals surface area contributed by atoms with Crippen molar-refractivity contribution in [3.63, 3.8) is 0 Å². The molecule has 0 bridgehead atoms. The predicted octanol–water partition coefficient (Wildman–Crippen LogP) is 4.26. The van der Waals surface area contributed by atoms with E-state index in [9.17, 15) is 9.90 Å². The van der Waals surface area contributed by atoms with Gasteiger partial charge in [0.25, 0.3) is 0 Å². The number of aromatic hydroxyl groups is 1. The molecule has 2 aromatic carbocycles. The molecule has 0 radical (unpaired) electrons. The summed E-state index contributed by atoms with van der Waals surface area (Å²) in [5.41, 5.74) is 3.69. The third kappa shape index (κ3) is 4.83. The van der Waals surface area contributed by atoms with Gasteiger partial charge in [0, 0.05) is 14.5 Å². The number of phenols is 1. The van der Waals surface area contributed by atoms with Crippen molar-refractivity contribution < 1.29 is 9.90 Å². The average molecular weight is 447 g/mol. The molecule has 2 aromatic rings. The molecule has 0 unspecified atom stereocenters. The third-order valence-corrected chi connectivity index (χ3v) is 4.00. The van der Waals surface area contributed by atoms with Crippen LogP contribution in [-0.2, 0) is 11.2 Å². The van der Waals surface area contributed by atoms with E-state index in [1.54, 1.807) is 12.1 Å². The summed E-state index contributed by atoms with van der Waals surface area (Å²) in [5, 5.41) is 13.8. The van der Waals surface area contributed by atoms with Gasteiger partial charge in [0.05, 0.1) is 17.7 Å². The fourth-order valence-electron chi connectivity index (χ4n) is 1.69. The number of halogens is 3. The van der Waals surface area contributed by atoms with Gasteiger partial charge in [-0.2, -0.15) is 5.10 Å². The average Bonchev–Trinajstić information content (AvgIpc) is 2.46. The summed E-state index contributed by atoms with van der Waals surface area (Å²) in [5.74, 6) is -0.338. The second kappa shape index (κ2) is 7.76. The number of benzene rings is 2. The minimum absolute atomic E-state index is 0.0872. The van der Waals surface area contributed by atoms with Gasteiger partial charge in [-0.15, -0.1) is 0 Å². The van der Waals surface area contributed by atoms with Crippen molar-refractivity contribution in [2.45, 2.75) is 6.42 Å². The molecular formula is C15H11Br2ClN2O2. The number of nitrogens with one attached hydrogen (secondary N) is 1. The molecule has 0 heterocycles. The first-order chi connectivity index (χ1) is 10.5. The summed E-state index contributed by atoms with van der Waals surface area (Å²) in [6.45, 7) is 0. The maximum Gasteiger partial charge on any atom is 0.244 e. The molecule has 7 heteroatoms. The number of phenolic OH excluding ortho intramolecular Hbond substituents is 1. The maximum absolute atomic E-state index is 11.8. The Labute approximate surface area is 149 Å². The first-order valence-corrected chi connectivity index (χ1v) is 8.16. The van der Waals surface area contributed by atoms with Gasteiger partial charge < -0.3 is 5.11 Å². The Hall–Kier alpha value is -1.37. The highest BCUT2D eigenvalue weighted by molar-refractivity contribution is 9.10. The fraction of sp³-hybridized carbons (Fsp3) is 0.0667. The lowest BCUT2D eigenvalue weighted by atomic mass is 10.1. The van der Waals surface area contributed by atoms with Crippen LogP contribution >= 0.6 is 43.5 Å². The van der Waals surface area contributed by atoms with Crippen LogP contribution in [0.25, 0.3) is 0 Å². The number of carbonyl (C=O) groups excluding carboxylic acids is 1. The van der Waals surface area contributed by atoms with Crippen molar-refractivity contribution in [1.29, 1.82) is 0 Å². The van der Waals surface area contributed by atoms with Gasteiger partial charge in [-0.05, 0) is 29.8 Å². The van der Waals surface area contributed by atoms with Crippen LogP contribution < -0.4 is 5.43 Å².